The molecular formula is C15H17NO3. The molecule has 1 N–H and O–H groups in total. The Labute approximate surface area is 112 Å². The number of ether oxygens (including phenoxy) is 1. The van der Waals surface area contributed by atoms with Gasteiger partial charge in [-0.2, -0.15) is 0 Å². The summed E-state index contributed by atoms with van der Waals surface area (Å²) in [5.74, 6) is 0.0124. The van der Waals surface area contributed by atoms with E-state index < -0.39 is 5.97 Å². The highest BCUT2D eigenvalue weighted by atomic mass is 16.5. The highest BCUT2D eigenvalue weighted by Gasteiger charge is 2.06. The molecule has 100 valence electrons. The van der Waals surface area contributed by atoms with E-state index in [0.29, 0.717) is 6.42 Å². The molecule has 0 radical (unpaired) electrons. The van der Waals surface area contributed by atoms with E-state index in [-0.39, 0.29) is 6.42 Å². The maximum absolute atomic E-state index is 10.5. The molecule has 0 aliphatic carbocycles. The Kier molecular flexibility index (Phi) is 4.00. The van der Waals surface area contributed by atoms with Crippen molar-refractivity contribution >= 4 is 16.9 Å². The number of pyridine rings is 1. The van der Waals surface area contributed by atoms with Gasteiger partial charge in [-0.1, -0.05) is 0 Å². The molecule has 0 saturated carbocycles. The van der Waals surface area contributed by atoms with E-state index in [4.69, 9.17) is 9.84 Å². The van der Waals surface area contributed by atoms with Crippen LogP contribution in [0.5, 0.6) is 5.75 Å². The van der Waals surface area contributed by atoms with Crippen molar-refractivity contribution in [2.24, 2.45) is 0 Å². The standard InChI is InChI=1S/C15H17NO3/c1-10-6-12-8-11(4-3-5-14(17)18)9-16-15(12)13(7-10)19-2/h6-9H,3-5H2,1-2H3,(H,17,18). The van der Waals surface area contributed by atoms with Crippen LogP contribution in [0, 0.1) is 6.92 Å². The number of rotatable bonds is 5. The zero-order chi connectivity index (χ0) is 13.8. The third-order valence-corrected chi connectivity index (χ3v) is 3.03. The van der Waals surface area contributed by atoms with Gasteiger partial charge >= 0.3 is 5.97 Å². The summed E-state index contributed by atoms with van der Waals surface area (Å²) in [6, 6.07) is 6.07. The van der Waals surface area contributed by atoms with E-state index in [2.05, 4.69) is 17.1 Å². The average molecular weight is 259 g/mol. The van der Waals surface area contributed by atoms with Crippen LogP contribution in [0.15, 0.2) is 24.4 Å². The van der Waals surface area contributed by atoms with Gasteiger partial charge in [-0.05, 0) is 49.1 Å². The Bertz CT molecular complexity index is 608. The van der Waals surface area contributed by atoms with Gasteiger partial charge in [-0.15, -0.1) is 0 Å². The lowest BCUT2D eigenvalue weighted by Gasteiger charge is -2.08. The van der Waals surface area contributed by atoms with Crippen LogP contribution in [-0.2, 0) is 11.2 Å². The second-order valence-electron chi connectivity index (χ2n) is 4.63. The lowest BCUT2D eigenvalue weighted by molar-refractivity contribution is -0.137. The summed E-state index contributed by atoms with van der Waals surface area (Å²) in [6.07, 6.45) is 3.34. The van der Waals surface area contributed by atoms with Crippen molar-refractivity contribution in [2.45, 2.75) is 26.2 Å². The van der Waals surface area contributed by atoms with Gasteiger partial charge in [0.2, 0.25) is 0 Å². The number of aryl methyl sites for hydroxylation is 2. The van der Waals surface area contributed by atoms with Gasteiger partial charge in [0, 0.05) is 18.0 Å². The smallest absolute Gasteiger partial charge is 0.303 e. The van der Waals surface area contributed by atoms with E-state index in [1.165, 1.54) is 0 Å². The van der Waals surface area contributed by atoms with Crippen LogP contribution in [0.1, 0.15) is 24.0 Å². The van der Waals surface area contributed by atoms with Crippen LogP contribution in [-0.4, -0.2) is 23.2 Å². The van der Waals surface area contributed by atoms with E-state index in [1.54, 1.807) is 13.3 Å². The molecule has 1 aromatic carbocycles. The van der Waals surface area contributed by atoms with Crippen molar-refractivity contribution in [3.8, 4) is 5.75 Å². The van der Waals surface area contributed by atoms with Crippen LogP contribution in [0.3, 0.4) is 0 Å². The highest BCUT2D eigenvalue weighted by Crippen LogP contribution is 2.26. The molecule has 0 atom stereocenters. The lowest BCUT2D eigenvalue weighted by atomic mass is 10.1. The molecule has 1 aromatic heterocycles. The Morgan fingerprint density at radius 1 is 1.37 bits per heavy atom. The van der Waals surface area contributed by atoms with Gasteiger partial charge in [-0.3, -0.25) is 9.78 Å². The fraction of sp³-hybridized carbons (Fsp3) is 0.333. The number of carboxylic acid groups (broad SMARTS) is 1. The Morgan fingerprint density at radius 2 is 2.16 bits per heavy atom. The van der Waals surface area contributed by atoms with Gasteiger partial charge in [-0.25, -0.2) is 0 Å². The molecule has 2 aromatic rings. The zero-order valence-electron chi connectivity index (χ0n) is 11.1. The molecule has 0 spiro atoms. The van der Waals surface area contributed by atoms with Crippen LogP contribution in [0.25, 0.3) is 10.9 Å². The van der Waals surface area contributed by atoms with Crippen LogP contribution in [0.4, 0.5) is 0 Å². The van der Waals surface area contributed by atoms with Crippen molar-refractivity contribution < 1.29 is 14.6 Å². The van der Waals surface area contributed by atoms with Crippen LogP contribution in [0.2, 0.25) is 0 Å². The summed E-state index contributed by atoms with van der Waals surface area (Å²) in [4.78, 5) is 14.9. The number of carboxylic acids is 1. The molecule has 0 aliphatic rings. The third kappa shape index (κ3) is 3.22. The Hall–Kier alpha value is -2.10. The number of benzene rings is 1. The predicted molar refractivity (Wildman–Crippen MR) is 73.6 cm³/mol. The first kappa shape index (κ1) is 13.3. The van der Waals surface area contributed by atoms with Gasteiger partial charge < -0.3 is 9.84 Å². The maximum Gasteiger partial charge on any atom is 0.303 e. The minimum absolute atomic E-state index is 0.190. The van der Waals surface area contributed by atoms with Crippen molar-refractivity contribution in [3.05, 3.63) is 35.5 Å². The molecule has 2 rings (SSSR count). The fourth-order valence-electron chi connectivity index (χ4n) is 2.14. The van der Waals surface area contributed by atoms with Crippen LogP contribution < -0.4 is 4.74 Å². The summed E-state index contributed by atoms with van der Waals surface area (Å²) in [5.41, 5.74) is 3.02. The third-order valence-electron chi connectivity index (χ3n) is 3.03. The maximum atomic E-state index is 10.5. The first-order valence-corrected chi connectivity index (χ1v) is 6.25. The molecule has 4 heteroatoms. The molecular weight excluding hydrogens is 242 g/mol. The van der Waals surface area contributed by atoms with Crippen LogP contribution >= 0.6 is 0 Å². The Balaban J connectivity index is 2.27. The van der Waals surface area contributed by atoms with Crippen molar-refractivity contribution in [2.75, 3.05) is 7.11 Å². The first-order valence-electron chi connectivity index (χ1n) is 6.25. The van der Waals surface area contributed by atoms with Crippen molar-refractivity contribution in [1.29, 1.82) is 0 Å². The number of methoxy groups -OCH3 is 1. The minimum Gasteiger partial charge on any atom is -0.494 e. The summed E-state index contributed by atoms with van der Waals surface area (Å²) in [5, 5.41) is 9.67. The molecule has 19 heavy (non-hydrogen) atoms. The number of carbonyl (C=O) groups is 1. The average Bonchev–Trinajstić information content (AvgIpc) is 2.36. The first-order chi connectivity index (χ1) is 9.10. The minimum atomic E-state index is -0.758. The van der Waals surface area contributed by atoms with E-state index in [9.17, 15) is 4.79 Å². The van der Waals surface area contributed by atoms with Crippen molar-refractivity contribution in [1.82, 2.24) is 4.98 Å². The molecule has 0 aliphatic heterocycles. The topological polar surface area (TPSA) is 59.4 Å². The molecule has 4 nitrogen and oxygen atoms in total. The normalized spacial score (nSPS) is 10.6. The second kappa shape index (κ2) is 5.69. The number of fused-ring (bicyclic) bond motifs is 1. The van der Waals surface area contributed by atoms with E-state index in [1.807, 2.05) is 13.0 Å². The lowest BCUT2D eigenvalue weighted by Crippen LogP contribution is -1.97. The molecule has 1 heterocycles. The summed E-state index contributed by atoms with van der Waals surface area (Å²) in [6.45, 7) is 2.01. The molecule has 0 fully saturated rings. The molecule has 0 amide bonds. The summed E-state index contributed by atoms with van der Waals surface area (Å²) >= 11 is 0. The quantitative estimate of drug-likeness (QED) is 0.896. The van der Waals surface area contributed by atoms with Gasteiger partial charge in [0.1, 0.15) is 11.3 Å². The summed E-state index contributed by atoms with van der Waals surface area (Å²) in [7, 11) is 1.64. The number of aromatic nitrogens is 1. The monoisotopic (exact) mass is 259 g/mol. The second-order valence-corrected chi connectivity index (χ2v) is 4.63. The van der Waals surface area contributed by atoms with E-state index in [0.717, 1.165) is 34.2 Å². The zero-order valence-corrected chi connectivity index (χ0v) is 11.1. The molecule has 0 bridgehead atoms. The fourth-order valence-corrected chi connectivity index (χ4v) is 2.14. The highest BCUT2D eigenvalue weighted by molar-refractivity contribution is 5.85. The Morgan fingerprint density at radius 3 is 2.84 bits per heavy atom. The predicted octanol–water partition coefficient (Wildman–Crippen LogP) is 2.96. The number of nitrogens with zero attached hydrogens (tertiary/aromatic N) is 1. The van der Waals surface area contributed by atoms with Gasteiger partial charge in [0.05, 0.1) is 7.11 Å². The number of aliphatic carboxylic acids is 1. The number of hydrogen-bond acceptors (Lipinski definition) is 3. The number of hydrogen-bond donors (Lipinski definition) is 1. The SMILES string of the molecule is COc1cc(C)cc2cc(CCCC(=O)O)cnc12. The largest absolute Gasteiger partial charge is 0.494 e. The van der Waals surface area contributed by atoms with Gasteiger partial charge in [0.15, 0.2) is 0 Å². The van der Waals surface area contributed by atoms with Gasteiger partial charge in [0.25, 0.3) is 0 Å². The van der Waals surface area contributed by atoms with E-state index >= 15 is 0 Å². The summed E-state index contributed by atoms with van der Waals surface area (Å²) < 4.78 is 5.32. The molecule has 0 unspecified atom stereocenters. The molecule has 0 saturated heterocycles. The van der Waals surface area contributed by atoms with Crippen molar-refractivity contribution in [3.63, 3.8) is 0 Å².